The minimum atomic E-state index is -4.66. The van der Waals surface area contributed by atoms with Crippen molar-refractivity contribution in [2.45, 2.75) is 45.3 Å². The lowest BCUT2D eigenvalue weighted by Gasteiger charge is -2.23. The van der Waals surface area contributed by atoms with Gasteiger partial charge >= 0.3 is 6.18 Å². The minimum Gasteiger partial charge on any atom is -0.325 e. The molecule has 5 aromatic rings. The van der Waals surface area contributed by atoms with Crippen molar-refractivity contribution in [1.29, 1.82) is 5.26 Å². The van der Waals surface area contributed by atoms with Gasteiger partial charge in [0.05, 0.1) is 47.3 Å². The van der Waals surface area contributed by atoms with Crippen LogP contribution in [0.3, 0.4) is 0 Å². The molecule has 6 rings (SSSR count). The molecule has 0 aliphatic carbocycles. The van der Waals surface area contributed by atoms with Gasteiger partial charge in [0, 0.05) is 35.0 Å². The van der Waals surface area contributed by atoms with Gasteiger partial charge in [0.2, 0.25) is 5.91 Å². The van der Waals surface area contributed by atoms with Gasteiger partial charge in [-0.1, -0.05) is 36.3 Å². The van der Waals surface area contributed by atoms with Crippen LogP contribution in [0, 0.1) is 24.2 Å². The number of carbonyl (C=O) groups excluding carboxylic acids is 1. The van der Waals surface area contributed by atoms with Crippen LogP contribution in [0.5, 0.6) is 0 Å². The Balaban J connectivity index is 1.42. The first-order valence-corrected chi connectivity index (χ1v) is 14.5. The molecule has 1 aliphatic rings. The Morgan fingerprint density at radius 3 is 2.57 bits per heavy atom. The van der Waals surface area contributed by atoms with E-state index >= 15 is 0 Å². The lowest BCUT2D eigenvalue weighted by molar-refractivity contribution is -0.141. The van der Waals surface area contributed by atoms with Crippen molar-refractivity contribution in [3.8, 4) is 34.1 Å². The number of benzene rings is 2. The van der Waals surface area contributed by atoms with E-state index in [0.717, 1.165) is 22.0 Å². The molecule has 1 amide bonds. The number of carbonyl (C=O) groups is 1. The van der Waals surface area contributed by atoms with Gasteiger partial charge in [0.1, 0.15) is 0 Å². The molecule has 4 heterocycles. The Morgan fingerprint density at radius 2 is 1.83 bits per heavy atom. The number of aryl methyl sites for hydroxylation is 1. The average Bonchev–Trinajstić information content (AvgIpc) is 3.54. The summed E-state index contributed by atoms with van der Waals surface area (Å²) in [5.74, 6) is -0.508. The number of halogens is 3. The first-order valence-electron chi connectivity index (χ1n) is 14.5. The van der Waals surface area contributed by atoms with E-state index in [1.54, 1.807) is 48.7 Å². The Bertz CT molecular complexity index is 2060. The van der Waals surface area contributed by atoms with Crippen molar-refractivity contribution in [1.82, 2.24) is 29.5 Å². The van der Waals surface area contributed by atoms with Gasteiger partial charge in [-0.2, -0.15) is 18.4 Å². The highest BCUT2D eigenvalue weighted by atomic mass is 19.4. The van der Waals surface area contributed by atoms with Crippen molar-refractivity contribution in [3.63, 3.8) is 0 Å². The topological polar surface area (TPSA) is 131 Å². The predicted octanol–water partition coefficient (Wildman–Crippen LogP) is 6.10. The summed E-state index contributed by atoms with van der Waals surface area (Å²) in [5, 5.41) is 19.3. The normalized spacial score (nSPS) is 16.8. The third-order valence-corrected chi connectivity index (χ3v) is 8.03. The third kappa shape index (κ3) is 6.01. The molecule has 2 aromatic carbocycles. The number of hydrogen-bond donors (Lipinski definition) is 1. The molecule has 13 heteroatoms. The largest absolute Gasteiger partial charge is 0.436 e. The van der Waals surface area contributed by atoms with Gasteiger partial charge in [-0.3, -0.25) is 19.1 Å². The Labute approximate surface area is 261 Å². The van der Waals surface area contributed by atoms with Crippen molar-refractivity contribution >= 4 is 11.6 Å². The van der Waals surface area contributed by atoms with E-state index in [1.165, 1.54) is 17.0 Å². The highest BCUT2D eigenvalue weighted by molar-refractivity contribution is 5.97. The summed E-state index contributed by atoms with van der Waals surface area (Å²) in [6.07, 6.45) is 0.809. The molecule has 1 N–H and O–H groups in total. The number of fused-ring (bicyclic) bond motifs is 4. The van der Waals surface area contributed by atoms with Crippen LogP contribution < -0.4 is 10.9 Å². The Kier molecular flexibility index (Phi) is 7.95. The summed E-state index contributed by atoms with van der Waals surface area (Å²) in [6, 6.07) is 16.7. The van der Waals surface area contributed by atoms with Crippen molar-refractivity contribution < 1.29 is 18.0 Å². The van der Waals surface area contributed by atoms with E-state index in [4.69, 9.17) is 0 Å². The fourth-order valence-corrected chi connectivity index (χ4v) is 5.56. The molecule has 0 unspecified atom stereocenters. The molecule has 0 spiro atoms. The molecule has 3 aromatic heterocycles. The fourth-order valence-electron chi connectivity index (χ4n) is 5.56. The van der Waals surface area contributed by atoms with Crippen LogP contribution in [0.25, 0.3) is 28.1 Å². The van der Waals surface area contributed by atoms with Crippen LogP contribution in [0.15, 0.2) is 78.1 Å². The predicted molar refractivity (Wildman–Crippen MR) is 163 cm³/mol. The molecule has 0 saturated heterocycles. The summed E-state index contributed by atoms with van der Waals surface area (Å²) in [6.45, 7) is 3.65. The summed E-state index contributed by atoms with van der Waals surface area (Å²) in [7, 11) is 0. The molecule has 2 bridgehead atoms. The smallest absolute Gasteiger partial charge is 0.325 e. The van der Waals surface area contributed by atoms with Gasteiger partial charge in [0.25, 0.3) is 5.56 Å². The Hall–Kier alpha value is -5.64. The van der Waals surface area contributed by atoms with Crippen LogP contribution in [-0.4, -0.2) is 35.4 Å². The molecule has 46 heavy (non-hydrogen) atoms. The van der Waals surface area contributed by atoms with Gasteiger partial charge in [-0.25, -0.2) is 9.67 Å². The molecule has 0 radical (unpaired) electrons. The highest BCUT2D eigenvalue weighted by Crippen LogP contribution is 2.34. The van der Waals surface area contributed by atoms with Crippen LogP contribution in [-0.2, 0) is 11.0 Å². The summed E-state index contributed by atoms with van der Waals surface area (Å²) < 4.78 is 42.2. The van der Waals surface area contributed by atoms with Gasteiger partial charge < -0.3 is 5.32 Å². The fraction of sp³-hybridized carbons (Fsp3) is 0.242. The average molecular weight is 625 g/mol. The highest BCUT2D eigenvalue weighted by Gasteiger charge is 2.35. The maximum atomic E-state index is 13.8. The van der Waals surface area contributed by atoms with Gasteiger partial charge in [0.15, 0.2) is 5.69 Å². The number of aromatic nitrogens is 6. The zero-order valence-electron chi connectivity index (χ0n) is 24.8. The van der Waals surface area contributed by atoms with Crippen molar-refractivity contribution in [2.24, 2.45) is 5.92 Å². The van der Waals surface area contributed by atoms with Crippen LogP contribution >= 0.6 is 0 Å². The van der Waals surface area contributed by atoms with E-state index < -0.39 is 17.9 Å². The van der Waals surface area contributed by atoms with Crippen LogP contribution in [0.1, 0.15) is 54.7 Å². The lowest BCUT2D eigenvalue weighted by atomic mass is 9.95. The Morgan fingerprint density at radius 1 is 1.00 bits per heavy atom. The van der Waals surface area contributed by atoms with E-state index in [0.29, 0.717) is 47.3 Å². The van der Waals surface area contributed by atoms with E-state index in [-0.39, 0.29) is 28.8 Å². The SMILES string of the molecule is Cc1ccc(-n2cc(C(F)(F)F)nn2)c(-c2cc(=O)n([C@H]3CCC[C@@H](C)C(=O)Nc4cc(C#N)ccc4-c4ccnc3c4)cn2)c1. The molecule has 2 atom stereocenters. The number of pyridine rings is 1. The van der Waals surface area contributed by atoms with Gasteiger partial charge in [-0.05, 0) is 61.7 Å². The number of anilines is 1. The first kappa shape index (κ1) is 30.4. The monoisotopic (exact) mass is 624 g/mol. The minimum absolute atomic E-state index is 0.172. The van der Waals surface area contributed by atoms with E-state index in [2.05, 4.69) is 31.7 Å². The van der Waals surface area contributed by atoms with Gasteiger partial charge in [-0.15, -0.1) is 5.10 Å². The first-order chi connectivity index (χ1) is 22.0. The molecular weight excluding hydrogens is 597 g/mol. The zero-order valence-corrected chi connectivity index (χ0v) is 24.8. The second kappa shape index (κ2) is 12.0. The van der Waals surface area contributed by atoms with Crippen LogP contribution in [0.4, 0.5) is 18.9 Å². The summed E-state index contributed by atoms with van der Waals surface area (Å²) in [5.41, 5.74) is 3.21. The van der Waals surface area contributed by atoms with E-state index in [9.17, 15) is 28.0 Å². The number of nitriles is 1. The second-order valence-electron chi connectivity index (χ2n) is 11.3. The molecule has 0 saturated carbocycles. The molecular formula is C33H27F3N8O2. The molecule has 0 fully saturated rings. The quantitative estimate of drug-likeness (QED) is 0.257. The standard InChI is InChI=1S/C33H27F3N8O2/c1-19-6-9-28(44-17-30(41-42-44)33(34,35)36)24(12-19)25-15-31(45)43(18-39-25)29-5-3-4-20(2)32(46)40-26-13-21(16-37)7-8-23(26)22-10-11-38-27(29)14-22/h6-15,17-18,20,29H,3-5H2,1-2H3,(H,40,46)/t20-,29+/m1/s1. The number of nitrogens with one attached hydrogen (secondary N) is 1. The van der Waals surface area contributed by atoms with Crippen molar-refractivity contribution in [3.05, 3.63) is 106 Å². The third-order valence-electron chi connectivity index (χ3n) is 8.03. The number of amides is 1. The zero-order chi connectivity index (χ0) is 32.6. The molecule has 1 aliphatic heterocycles. The van der Waals surface area contributed by atoms with Crippen molar-refractivity contribution in [2.75, 3.05) is 5.32 Å². The maximum Gasteiger partial charge on any atom is 0.436 e. The summed E-state index contributed by atoms with van der Waals surface area (Å²) in [4.78, 5) is 36.0. The molecule has 10 nitrogen and oxygen atoms in total. The van der Waals surface area contributed by atoms with E-state index in [1.807, 2.05) is 19.9 Å². The number of nitrogens with zero attached hydrogens (tertiary/aromatic N) is 7. The number of alkyl halides is 3. The maximum absolute atomic E-state index is 13.8. The second-order valence-corrected chi connectivity index (χ2v) is 11.3. The molecule has 232 valence electrons. The van der Waals surface area contributed by atoms with Crippen LogP contribution in [0.2, 0.25) is 0 Å². The lowest BCUT2D eigenvalue weighted by Crippen LogP contribution is -2.27. The number of rotatable bonds is 3. The number of hydrogen-bond acceptors (Lipinski definition) is 7. The summed E-state index contributed by atoms with van der Waals surface area (Å²) >= 11 is 0.